The van der Waals surface area contributed by atoms with E-state index in [1.807, 2.05) is 25.1 Å². The molecule has 0 saturated heterocycles. The molecule has 0 atom stereocenters. The first-order valence-electron chi connectivity index (χ1n) is 7.38. The second-order valence-electron chi connectivity index (χ2n) is 5.60. The molecule has 0 spiro atoms. The number of thiophene rings is 1. The Morgan fingerprint density at radius 3 is 2.83 bits per heavy atom. The van der Waals surface area contributed by atoms with E-state index in [1.165, 1.54) is 22.2 Å². The van der Waals surface area contributed by atoms with Gasteiger partial charge in [0.15, 0.2) is 0 Å². The van der Waals surface area contributed by atoms with Crippen LogP contribution < -0.4 is 5.56 Å². The second-order valence-corrected chi connectivity index (χ2v) is 7.40. The Labute approximate surface area is 148 Å². The summed E-state index contributed by atoms with van der Waals surface area (Å²) in [6.45, 7) is 2.33. The lowest BCUT2D eigenvalue weighted by atomic mass is 10.1. The van der Waals surface area contributed by atoms with E-state index in [-0.39, 0.29) is 18.0 Å². The number of aromatic nitrogens is 2. The van der Waals surface area contributed by atoms with Crippen molar-refractivity contribution in [2.24, 2.45) is 0 Å². The van der Waals surface area contributed by atoms with Gasteiger partial charge in [-0.3, -0.25) is 14.2 Å². The van der Waals surface area contributed by atoms with E-state index >= 15 is 0 Å². The van der Waals surface area contributed by atoms with Crippen molar-refractivity contribution in [1.29, 1.82) is 0 Å². The minimum atomic E-state index is -0.204. The molecule has 0 radical (unpaired) electrons. The first kappa shape index (κ1) is 16.7. The summed E-state index contributed by atoms with van der Waals surface area (Å²) in [5, 5.41) is 0.526. The van der Waals surface area contributed by atoms with Crippen LogP contribution in [0.3, 0.4) is 0 Å². The first-order valence-corrected chi connectivity index (χ1v) is 8.58. The number of rotatable bonds is 4. The summed E-state index contributed by atoms with van der Waals surface area (Å²) in [5.74, 6) is -0.157. The van der Waals surface area contributed by atoms with Gasteiger partial charge in [0, 0.05) is 11.9 Å². The number of benzene rings is 1. The number of hydrogen-bond acceptors (Lipinski definition) is 4. The maximum Gasteiger partial charge on any atom is 0.261 e. The number of nitrogens with zero attached hydrogens (tertiary/aromatic N) is 3. The third kappa shape index (κ3) is 3.34. The molecule has 1 amide bonds. The predicted molar refractivity (Wildman–Crippen MR) is 96.5 cm³/mol. The fourth-order valence-electron chi connectivity index (χ4n) is 2.48. The van der Waals surface area contributed by atoms with Crippen LogP contribution in [0.15, 0.2) is 41.5 Å². The molecule has 0 aliphatic rings. The van der Waals surface area contributed by atoms with Gasteiger partial charge in [-0.1, -0.05) is 23.7 Å². The average Bonchev–Trinajstić information content (AvgIpc) is 2.95. The van der Waals surface area contributed by atoms with Crippen molar-refractivity contribution in [2.45, 2.75) is 20.0 Å². The van der Waals surface area contributed by atoms with Gasteiger partial charge in [0.25, 0.3) is 5.56 Å². The maximum absolute atomic E-state index is 12.5. The van der Waals surface area contributed by atoms with Crippen LogP contribution in [0, 0.1) is 6.92 Å². The van der Waals surface area contributed by atoms with E-state index in [4.69, 9.17) is 11.6 Å². The lowest BCUT2D eigenvalue weighted by Gasteiger charge is -2.17. The van der Waals surface area contributed by atoms with Gasteiger partial charge in [-0.15, -0.1) is 11.3 Å². The molecular weight excluding hydrogens is 346 g/mol. The topological polar surface area (TPSA) is 55.2 Å². The molecule has 2 aromatic heterocycles. The molecule has 7 heteroatoms. The van der Waals surface area contributed by atoms with Crippen molar-refractivity contribution in [1.82, 2.24) is 14.5 Å². The first-order chi connectivity index (χ1) is 11.5. The van der Waals surface area contributed by atoms with E-state index in [2.05, 4.69) is 4.98 Å². The van der Waals surface area contributed by atoms with Crippen LogP contribution in [0.25, 0.3) is 10.9 Å². The van der Waals surface area contributed by atoms with Gasteiger partial charge in [-0.05, 0) is 30.7 Å². The molecule has 3 aromatic rings. The fraction of sp³-hybridized carbons (Fsp3) is 0.235. The van der Waals surface area contributed by atoms with Gasteiger partial charge in [-0.25, -0.2) is 4.98 Å². The van der Waals surface area contributed by atoms with Crippen LogP contribution in [-0.4, -0.2) is 27.4 Å². The highest BCUT2D eigenvalue weighted by Crippen LogP contribution is 2.22. The van der Waals surface area contributed by atoms with Crippen LogP contribution in [0.2, 0.25) is 4.34 Å². The molecular formula is C17H16ClN3O2S. The lowest BCUT2D eigenvalue weighted by Crippen LogP contribution is -2.33. The number of para-hydroxylation sites is 1. The molecule has 5 nitrogen and oxygen atoms in total. The summed E-state index contributed by atoms with van der Waals surface area (Å²) in [6.07, 6.45) is 1.44. The van der Waals surface area contributed by atoms with Gasteiger partial charge in [0.2, 0.25) is 5.91 Å². The molecule has 0 unspecified atom stereocenters. The standard InChI is InChI=1S/C17H16ClN3O2S/c1-11-4-3-5-13-16(11)19-10-21(17(13)23)9-15(22)20(2)8-12-6-7-14(18)24-12/h3-7,10H,8-9H2,1-2H3. The molecule has 0 N–H and O–H groups in total. The van der Waals surface area contributed by atoms with Gasteiger partial charge >= 0.3 is 0 Å². The van der Waals surface area contributed by atoms with E-state index in [0.29, 0.717) is 21.8 Å². The fourth-order valence-corrected chi connectivity index (χ4v) is 3.62. The van der Waals surface area contributed by atoms with Crippen molar-refractivity contribution >= 4 is 39.7 Å². The Morgan fingerprint density at radius 2 is 2.12 bits per heavy atom. The Kier molecular flexibility index (Phi) is 4.69. The summed E-state index contributed by atoms with van der Waals surface area (Å²) < 4.78 is 2.04. The van der Waals surface area contributed by atoms with Crippen LogP contribution in [-0.2, 0) is 17.9 Å². The van der Waals surface area contributed by atoms with E-state index in [0.717, 1.165) is 10.4 Å². The number of amides is 1. The lowest BCUT2D eigenvalue weighted by molar-refractivity contribution is -0.131. The van der Waals surface area contributed by atoms with Crippen LogP contribution >= 0.6 is 22.9 Å². The zero-order chi connectivity index (χ0) is 17.3. The molecule has 0 fully saturated rings. The normalized spacial score (nSPS) is 11.0. The molecule has 2 heterocycles. The Bertz CT molecular complexity index is 964. The highest BCUT2D eigenvalue weighted by Gasteiger charge is 2.13. The zero-order valence-corrected chi connectivity index (χ0v) is 14.9. The number of carbonyl (C=O) groups is 1. The Morgan fingerprint density at radius 1 is 1.33 bits per heavy atom. The van der Waals surface area contributed by atoms with E-state index in [1.54, 1.807) is 24.1 Å². The van der Waals surface area contributed by atoms with Gasteiger partial charge in [0.05, 0.1) is 28.1 Å². The van der Waals surface area contributed by atoms with Crippen molar-refractivity contribution in [3.63, 3.8) is 0 Å². The molecule has 24 heavy (non-hydrogen) atoms. The number of carbonyl (C=O) groups excluding carboxylic acids is 1. The molecule has 124 valence electrons. The Balaban J connectivity index is 1.80. The van der Waals surface area contributed by atoms with Crippen molar-refractivity contribution in [2.75, 3.05) is 7.05 Å². The molecule has 0 aliphatic heterocycles. The summed E-state index contributed by atoms with van der Waals surface area (Å²) in [7, 11) is 1.71. The maximum atomic E-state index is 12.5. The van der Waals surface area contributed by atoms with E-state index < -0.39 is 0 Å². The van der Waals surface area contributed by atoms with Crippen LogP contribution in [0.4, 0.5) is 0 Å². The molecule has 0 aliphatic carbocycles. The molecule has 1 aromatic carbocycles. The predicted octanol–water partition coefficient (Wildman–Crippen LogP) is 3.08. The number of fused-ring (bicyclic) bond motifs is 1. The van der Waals surface area contributed by atoms with E-state index in [9.17, 15) is 9.59 Å². The molecule has 0 saturated carbocycles. The van der Waals surface area contributed by atoms with Crippen molar-refractivity contribution in [3.05, 3.63) is 61.8 Å². The number of halogens is 1. The van der Waals surface area contributed by atoms with Gasteiger partial charge in [-0.2, -0.15) is 0 Å². The number of aryl methyl sites for hydroxylation is 1. The highest BCUT2D eigenvalue weighted by molar-refractivity contribution is 7.16. The number of hydrogen-bond donors (Lipinski definition) is 0. The smallest absolute Gasteiger partial charge is 0.261 e. The summed E-state index contributed by atoms with van der Waals surface area (Å²) in [6, 6.07) is 9.16. The minimum Gasteiger partial charge on any atom is -0.339 e. The second kappa shape index (κ2) is 6.75. The SMILES string of the molecule is Cc1cccc2c(=O)n(CC(=O)N(C)Cc3ccc(Cl)s3)cnc12. The quantitative estimate of drug-likeness (QED) is 0.717. The Hall–Kier alpha value is -2.18. The molecule has 3 rings (SSSR count). The molecule has 0 bridgehead atoms. The summed E-state index contributed by atoms with van der Waals surface area (Å²) in [5.41, 5.74) is 1.41. The largest absolute Gasteiger partial charge is 0.339 e. The third-order valence-corrected chi connectivity index (χ3v) is 5.02. The van der Waals surface area contributed by atoms with Crippen molar-refractivity contribution in [3.8, 4) is 0 Å². The summed E-state index contributed by atoms with van der Waals surface area (Å²) in [4.78, 5) is 31.8. The van der Waals surface area contributed by atoms with Gasteiger partial charge in [0.1, 0.15) is 6.54 Å². The van der Waals surface area contributed by atoms with Crippen LogP contribution in [0.1, 0.15) is 10.4 Å². The highest BCUT2D eigenvalue weighted by atomic mass is 35.5. The number of likely N-dealkylation sites (N-methyl/N-ethyl adjacent to an activating group) is 1. The third-order valence-electron chi connectivity index (χ3n) is 3.81. The zero-order valence-electron chi connectivity index (χ0n) is 13.3. The minimum absolute atomic E-state index is 0.0364. The van der Waals surface area contributed by atoms with Crippen molar-refractivity contribution < 1.29 is 4.79 Å². The van der Waals surface area contributed by atoms with Gasteiger partial charge < -0.3 is 4.90 Å². The monoisotopic (exact) mass is 361 g/mol. The van der Waals surface area contributed by atoms with Crippen LogP contribution in [0.5, 0.6) is 0 Å². The summed E-state index contributed by atoms with van der Waals surface area (Å²) >= 11 is 7.34. The average molecular weight is 362 g/mol.